The van der Waals surface area contributed by atoms with Gasteiger partial charge in [-0.2, -0.15) is 0 Å². The van der Waals surface area contributed by atoms with E-state index in [0.717, 1.165) is 5.56 Å². The lowest BCUT2D eigenvalue weighted by Gasteiger charge is -2.35. The normalized spacial score (nSPS) is 22.5. The molecule has 1 aliphatic rings. The molecule has 34 heavy (non-hydrogen) atoms. The highest BCUT2D eigenvalue weighted by Gasteiger charge is 2.39. The van der Waals surface area contributed by atoms with E-state index in [0.29, 0.717) is 17.7 Å². The van der Waals surface area contributed by atoms with Gasteiger partial charge in [0.15, 0.2) is 9.84 Å². The van der Waals surface area contributed by atoms with Crippen LogP contribution in [0.5, 0.6) is 0 Å². The van der Waals surface area contributed by atoms with Gasteiger partial charge in [-0.25, -0.2) is 12.8 Å². The number of aliphatic hydroxyl groups is 1. The Hall–Kier alpha value is -1.93. The molecule has 1 heterocycles. The lowest BCUT2D eigenvalue weighted by molar-refractivity contribution is 0.0781. The van der Waals surface area contributed by atoms with Gasteiger partial charge in [-0.3, -0.25) is 0 Å². The molecular formula is C26H36ClFN2O3S. The highest BCUT2D eigenvalue weighted by Crippen LogP contribution is 2.28. The van der Waals surface area contributed by atoms with Crippen molar-refractivity contribution in [2.75, 3.05) is 17.2 Å². The summed E-state index contributed by atoms with van der Waals surface area (Å²) in [5, 5.41) is 14.3. The van der Waals surface area contributed by atoms with Gasteiger partial charge in [-0.15, -0.1) is 12.4 Å². The van der Waals surface area contributed by atoms with Gasteiger partial charge in [0, 0.05) is 24.1 Å². The molecule has 5 nitrogen and oxygen atoms in total. The molecule has 188 valence electrons. The lowest BCUT2D eigenvalue weighted by atomic mass is 9.86. The number of nitrogens with two attached hydrogens (primary N) is 1. The highest BCUT2D eigenvalue weighted by atomic mass is 35.5. The maximum Gasteiger partial charge on any atom is 0.152 e. The number of aliphatic hydroxyl groups excluding tert-OH is 1. The van der Waals surface area contributed by atoms with E-state index in [2.05, 4.69) is 38.2 Å². The van der Waals surface area contributed by atoms with Crippen molar-refractivity contribution in [1.29, 1.82) is 0 Å². The van der Waals surface area contributed by atoms with Crippen LogP contribution in [0, 0.1) is 11.7 Å². The van der Waals surface area contributed by atoms with Crippen molar-refractivity contribution < 1.29 is 17.9 Å². The zero-order valence-corrected chi connectivity index (χ0v) is 21.8. The molecule has 1 aliphatic heterocycles. The van der Waals surface area contributed by atoms with Gasteiger partial charge in [0.25, 0.3) is 0 Å². The highest BCUT2D eigenvalue weighted by molar-refractivity contribution is 7.91. The van der Waals surface area contributed by atoms with Gasteiger partial charge in [-0.05, 0) is 47.6 Å². The molecule has 4 N–H and O–H groups in total. The Bertz CT molecular complexity index is 1130. The summed E-state index contributed by atoms with van der Waals surface area (Å²) >= 11 is 0. The fourth-order valence-electron chi connectivity index (χ4n) is 4.39. The van der Waals surface area contributed by atoms with Crippen molar-refractivity contribution in [2.45, 2.75) is 58.2 Å². The maximum absolute atomic E-state index is 14.3. The van der Waals surface area contributed by atoms with Crippen molar-refractivity contribution in [3.63, 3.8) is 0 Å². The zero-order valence-electron chi connectivity index (χ0n) is 20.2. The fraction of sp³-hybridized carbons (Fsp3) is 0.462. The lowest BCUT2D eigenvalue weighted by Crippen LogP contribution is -2.54. The third-order valence-corrected chi connectivity index (χ3v) is 8.03. The number of benzene rings is 2. The predicted octanol–water partition coefficient (Wildman–Crippen LogP) is 4.27. The SMILES string of the molecule is C/C=C/c1cc(C[C@@H]2CS(=O)(=O)C[C@H](NCc3cccc(C(C)(C)C)c3)[C@H]2O)cc(F)c1N.Cl. The van der Waals surface area contributed by atoms with Gasteiger partial charge < -0.3 is 16.2 Å². The number of sulfone groups is 1. The minimum Gasteiger partial charge on any atom is -0.396 e. The molecule has 0 spiro atoms. The molecule has 0 unspecified atom stereocenters. The Morgan fingerprint density at radius 3 is 2.53 bits per heavy atom. The molecule has 3 atom stereocenters. The average molecular weight is 511 g/mol. The molecule has 0 aromatic heterocycles. The molecule has 2 aromatic carbocycles. The van der Waals surface area contributed by atoms with Crippen LogP contribution < -0.4 is 11.1 Å². The number of halogens is 2. The topological polar surface area (TPSA) is 92.4 Å². The van der Waals surface area contributed by atoms with Crippen molar-refractivity contribution >= 4 is 34.0 Å². The summed E-state index contributed by atoms with van der Waals surface area (Å²) in [5.74, 6) is -1.33. The number of nitrogens with one attached hydrogen (secondary N) is 1. The van der Waals surface area contributed by atoms with Gasteiger partial charge in [0.1, 0.15) is 5.82 Å². The van der Waals surface area contributed by atoms with Crippen molar-refractivity contribution in [2.24, 2.45) is 5.92 Å². The molecule has 0 saturated carbocycles. The predicted molar refractivity (Wildman–Crippen MR) is 140 cm³/mol. The average Bonchev–Trinajstić information content (AvgIpc) is 2.72. The first-order valence-electron chi connectivity index (χ1n) is 11.3. The van der Waals surface area contributed by atoms with E-state index in [1.807, 2.05) is 19.1 Å². The molecule has 0 aliphatic carbocycles. The summed E-state index contributed by atoms with van der Waals surface area (Å²) in [4.78, 5) is 0. The van der Waals surface area contributed by atoms with Crippen LogP contribution in [0.4, 0.5) is 10.1 Å². The summed E-state index contributed by atoms with van der Waals surface area (Å²) < 4.78 is 39.6. The molecule has 0 radical (unpaired) electrons. The quantitative estimate of drug-likeness (QED) is 0.505. The Morgan fingerprint density at radius 2 is 1.88 bits per heavy atom. The van der Waals surface area contributed by atoms with Gasteiger partial charge >= 0.3 is 0 Å². The number of allylic oxidation sites excluding steroid dienone is 1. The maximum atomic E-state index is 14.3. The first-order chi connectivity index (χ1) is 15.4. The van der Waals surface area contributed by atoms with E-state index in [-0.39, 0.29) is 41.4 Å². The van der Waals surface area contributed by atoms with Gasteiger partial charge in [0.05, 0.1) is 23.3 Å². The molecule has 1 saturated heterocycles. The Morgan fingerprint density at radius 1 is 1.18 bits per heavy atom. The number of rotatable bonds is 6. The van der Waals surface area contributed by atoms with E-state index in [9.17, 15) is 17.9 Å². The summed E-state index contributed by atoms with van der Waals surface area (Å²) in [6.07, 6.45) is 2.86. The Kier molecular flexibility index (Phi) is 9.33. The fourth-order valence-corrected chi connectivity index (χ4v) is 6.35. The Balaban J connectivity index is 0.00000408. The van der Waals surface area contributed by atoms with E-state index >= 15 is 0 Å². The second-order valence-corrected chi connectivity index (χ2v) is 12.2. The third-order valence-electron chi connectivity index (χ3n) is 6.22. The molecule has 8 heteroatoms. The van der Waals surface area contributed by atoms with E-state index in [1.165, 1.54) is 11.6 Å². The molecule has 3 rings (SSSR count). The zero-order chi connectivity index (χ0) is 24.4. The second-order valence-electron chi connectivity index (χ2n) is 10.1. The second kappa shape index (κ2) is 11.2. The summed E-state index contributed by atoms with van der Waals surface area (Å²) in [6, 6.07) is 10.7. The molecule has 2 aromatic rings. The number of anilines is 1. The molecule has 0 bridgehead atoms. The monoisotopic (exact) mass is 510 g/mol. The summed E-state index contributed by atoms with van der Waals surface area (Å²) in [5.41, 5.74) is 9.28. The van der Waals surface area contributed by atoms with Crippen LogP contribution in [0.1, 0.15) is 49.9 Å². The third kappa shape index (κ3) is 7.04. The Labute approximate surface area is 209 Å². The number of hydrogen-bond acceptors (Lipinski definition) is 5. The van der Waals surface area contributed by atoms with Crippen LogP contribution in [0.3, 0.4) is 0 Å². The van der Waals surface area contributed by atoms with Gasteiger partial charge in [-0.1, -0.05) is 57.2 Å². The molecular weight excluding hydrogens is 475 g/mol. The van der Waals surface area contributed by atoms with Crippen LogP contribution in [0.25, 0.3) is 6.08 Å². The standard InChI is InChI=1S/C26H35FN2O3S.ClH/c1-5-7-19-10-18(13-22(27)24(19)28)11-20-15-33(31,32)16-23(25(20)30)29-14-17-8-6-9-21(12-17)26(2,3)4;/h5-10,12-13,20,23,25,29-30H,11,14-16,28H2,1-4H3;1H/b7-5+;/t20-,23+,25+;/m1./s1. The van der Waals surface area contributed by atoms with Crippen molar-refractivity contribution in [3.8, 4) is 0 Å². The van der Waals surface area contributed by atoms with Crippen LogP contribution in [0.15, 0.2) is 42.5 Å². The first-order valence-corrected chi connectivity index (χ1v) is 13.1. The minimum absolute atomic E-state index is 0. The van der Waals surface area contributed by atoms with E-state index < -0.39 is 33.7 Å². The number of nitrogen functional groups attached to an aromatic ring is 1. The molecule has 0 amide bonds. The van der Waals surface area contributed by atoms with Gasteiger partial charge in [0.2, 0.25) is 0 Å². The molecule has 1 fully saturated rings. The summed E-state index contributed by atoms with van der Waals surface area (Å²) in [6.45, 7) is 8.70. The minimum atomic E-state index is -3.36. The van der Waals surface area contributed by atoms with Crippen LogP contribution in [-0.4, -0.2) is 37.2 Å². The van der Waals surface area contributed by atoms with Crippen LogP contribution in [0.2, 0.25) is 0 Å². The number of hydrogen-bond donors (Lipinski definition) is 3. The van der Waals surface area contributed by atoms with Crippen LogP contribution in [-0.2, 0) is 28.2 Å². The summed E-state index contributed by atoms with van der Waals surface area (Å²) in [7, 11) is -3.36. The smallest absolute Gasteiger partial charge is 0.152 e. The van der Waals surface area contributed by atoms with Crippen LogP contribution >= 0.6 is 12.4 Å². The van der Waals surface area contributed by atoms with E-state index in [1.54, 1.807) is 18.2 Å². The first kappa shape index (κ1) is 28.3. The van der Waals surface area contributed by atoms with Crippen molar-refractivity contribution in [1.82, 2.24) is 5.32 Å². The van der Waals surface area contributed by atoms with Crippen molar-refractivity contribution in [3.05, 3.63) is 70.5 Å². The largest absolute Gasteiger partial charge is 0.396 e. The van der Waals surface area contributed by atoms with E-state index in [4.69, 9.17) is 5.73 Å².